The van der Waals surface area contributed by atoms with E-state index in [4.69, 9.17) is 4.74 Å². The van der Waals surface area contributed by atoms with Gasteiger partial charge in [0.15, 0.2) is 0 Å². The van der Waals surface area contributed by atoms with Gasteiger partial charge in [0.1, 0.15) is 10.7 Å². The van der Waals surface area contributed by atoms with E-state index in [-0.39, 0.29) is 5.69 Å². The molecule has 1 aromatic heterocycles. The van der Waals surface area contributed by atoms with Crippen LogP contribution in [0.1, 0.15) is 35.8 Å². The summed E-state index contributed by atoms with van der Waals surface area (Å²) in [6.07, 6.45) is 1.96. The number of thiazole rings is 1. The molecule has 1 aromatic carbocycles. The van der Waals surface area contributed by atoms with Crippen molar-refractivity contribution >= 4 is 17.3 Å². The number of aromatic nitrogens is 1. The lowest BCUT2D eigenvalue weighted by Gasteiger charge is -2.22. The van der Waals surface area contributed by atoms with Crippen molar-refractivity contribution in [2.45, 2.75) is 25.7 Å². The predicted octanol–water partition coefficient (Wildman–Crippen LogP) is 4.08. The highest BCUT2D eigenvalue weighted by Crippen LogP contribution is 2.33. The van der Waals surface area contributed by atoms with E-state index in [2.05, 4.69) is 10.3 Å². The Bertz CT molecular complexity index is 737. The van der Waals surface area contributed by atoms with E-state index in [1.807, 2.05) is 0 Å². The first-order valence-corrected chi connectivity index (χ1v) is 9.14. The maximum Gasteiger partial charge on any atom is 0.338 e. The number of benzene rings is 1. The Hall–Kier alpha value is -1.86. The molecule has 0 atom stereocenters. The van der Waals surface area contributed by atoms with E-state index in [9.17, 15) is 13.6 Å². The molecule has 0 saturated carbocycles. The standard InChI is InChI=1S/C18H20F2N2O2S/c1-18(19,20)15-11-25-16(22-15)13-4-2-3-5-14(13)17(23)24-10-12-6-8-21-9-7-12/h2-5,11-12,21H,6-10H2,1H3. The molecule has 0 spiro atoms. The van der Waals surface area contributed by atoms with Crippen LogP contribution >= 0.6 is 11.3 Å². The van der Waals surface area contributed by atoms with Gasteiger partial charge in [-0.15, -0.1) is 11.3 Å². The number of ether oxygens (including phenoxy) is 1. The lowest BCUT2D eigenvalue weighted by Crippen LogP contribution is -2.30. The maximum absolute atomic E-state index is 13.4. The number of rotatable bonds is 5. The predicted molar refractivity (Wildman–Crippen MR) is 93.0 cm³/mol. The second-order valence-corrected chi connectivity index (χ2v) is 7.12. The van der Waals surface area contributed by atoms with Gasteiger partial charge in [-0.1, -0.05) is 18.2 Å². The molecule has 0 radical (unpaired) electrons. The molecule has 0 bridgehead atoms. The van der Waals surface area contributed by atoms with Gasteiger partial charge >= 0.3 is 5.97 Å². The lowest BCUT2D eigenvalue weighted by molar-refractivity contribution is 0.0135. The fraction of sp³-hybridized carbons (Fsp3) is 0.444. The van der Waals surface area contributed by atoms with Gasteiger partial charge in [-0.25, -0.2) is 9.78 Å². The average molecular weight is 366 g/mol. The summed E-state index contributed by atoms with van der Waals surface area (Å²) >= 11 is 1.10. The summed E-state index contributed by atoms with van der Waals surface area (Å²) in [6.45, 7) is 3.06. The average Bonchev–Trinajstić information content (AvgIpc) is 3.11. The van der Waals surface area contributed by atoms with Crippen molar-refractivity contribution in [2.75, 3.05) is 19.7 Å². The fourth-order valence-corrected chi connectivity index (χ4v) is 3.71. The van der Waals surface area contributed by atoms with Crippen molar-refractivity contribution in [3.05, 3.63) is 40.9 Å². The third-order valence-corrected chi connectivity index (χ3v) is 5.12. The summed E-state index contributed by atoms with van der Waals surface area (Å²) in [5.41, 5.74) is 0.598. The van der Waals surface area contributed by atoms with Gasteiger partial charge in [0, 0.05) is 17.9 Å². The molecule has 2 aromatic rings. The molecule has 0 aliphatic carbocycles. The lowest BCUT2D eigenvalue weighted by atomic mass is 9.99. The number of alkyl halides is 2. The molecule has 0 amide bonds. The second-order valence-electron chi connectivity index (χ2n) is 6.26. The van der Waals surface area contributed by atoms with Gasteiger partial charge in [-0.3, -0.25) is 0 Å². The minimum Gasteiger partial charge on any atom is -0.462 e. The van der Waals surface area contributed by atoms with Crippen molar-refractivity contribution in [3.8, 4) is 10.6 Å². The van der Waals surface area contributed by atoms with Crippen LogP contribution in [-0.4, -0.2) is 30.6 Å². The van der Waals surface area contributed by atoms with Gasteiger partial charge in [0.2, 0.25) is 0 Å². The molecule has 4 nitrogen and oxygen atoms in total. The molecular weight excluding hydrogens is 346 g/mol. The molecule has 2 heterocycles. The molecule has 1 saturated heterocycles. The third kappa shape index (κ3) is 4.41. The van der Waals surface area contributed by atoms with E-state index in [1.165, 1.54) is 5.38 Å². The van der Waals surface area contributed by atoms with Crippen LogP contribution in [0.4, 0.5) is 8.78 Å². The van der Waals surface area contributed by atoms with Crippen molar-refractivity contribution in [3.63, 3.8) is 0 Å². The Morgan fingerprint density at radius 1 is 1.36 bits per heavy atom. The molecule has 25 heavy (non-hydrogen) atoms. The summed E-state index contributed by atoms with van der Waals surface area (Å²) in [4.78, 5) is 16.5. The second kappa shape index (κ2) is 7.58. The van der Waals surface area contributed by atoms with Crippen LogP contribution in [0.2, 0.25) is 0 Å². The Kier molecular flexibility index (Phi) is 5.44. The third-order valence-electron chi connectivity index (χ3n) is 4.24. The fourth-order valence-electron chi connectivity index (χ4n) is 2.77. The molecule has 3 rings (SSSR count). The largest absolute Gasteiger partial charge is 0.462 e. The van der Waals surface area contributed by atoms with E-state index in [1.54, 1.807) is 24.3 Å². The van der Waals surface area contributed by atoms with Crippen LogP contribution in [0.3, 0.4) is 0 Å². The van der Waals surface area contributed by atoms with Crippen LogP contribution in [-0.2, 0) is 10.7 Å². The van der Waals surface area contributed by atoms with Gasteiger partial charge in [-0.05, 0) is 37.9 Å². The number of hydrogen-bond donors (Lipinski definition) is 1. The number of piperidine rings is 1. The normalized spacial score (nSPS) is 16.0. The van der Waals surface area contributed by atoms with Crippen molar-refractivity contribution in [1.82, 2.24) is 10.3 Å². The minimum atomic E-state index is -3.00. The number of nitrogens with zero attached hydrogens (tertiary/aromatic N) is 1. The number of esters is 1. The molecule has 1 aliphatic heterocycles. The van der Waals surface area contributed by atoms with Crippen molar-refractivity contribution < 1.29 is 18.3 Å². The van der Waals surface area contributed by atoms with Crippen LogP contribution in [0.15, 0.2) is 29.6 Å². The highest BCUT2D eigenvalue weighted by atomic mass is 32.1. The highest BCUT2D eigenvalue weighted by Gasteiger charge is 2.28. The Labute approximate surface area is 149 Å². The van der Waals surface area contributed by atoms with Crippen LogP contribution in [0, 0.1) is 5.92 Å². The Balaban J connectivity index is 1.76. The smallest absolute Gasteiger partial charge is 0.338 e. The Morgan fingerprint density at radius 2 is 2.08 bits per heavy atom. The summed E-state index contributed by atoms with van der Waals surface area (Å²) < 4.78 is 32.3. The number of carbonyl (C=O) groups excluding carboxylic acids is 1. The zero-order chi connectivity index (χ0) is 17.9. The number of carbonyl (C=O) groups is 1. The quantitative estimate of drug-likeness (QED) is 0.810. The Morgan fingerprint density at radius 3 is 2.76 bits per heavy atom. The highest BCUT2D eigenvalue weighted by molar-refractivity contribution is 7.13. The van der Waals surface area contributed by atoms with Gasteiger partial charge in [-0.2, -0.15) is 8.78 Å². The first-order valence-electron chi connectivity index (χ1n) is 8.26. The summed E-state index contributed by atoms with van der Waals surface area (Å²) in [7, 11) is 0. The molecule has 134 valence electrons. The molecule has 1 fully saturated rings. The zero-order valence-electron chi connectivity index (χ0n) is 13.9. The molecule has 7 heteroatoms. The van der Waals surface area contributed by atoms with Crippen molar-refractivity contribution in [2.24, 2.45) is 5.92 Å². The van der Waals surface area contributed by atoms with Crippen LogP contribution in [0.25, 0.3) is 10.6 Å². The van der Waals surface area contributed by atoms with Crippen LogP contribution < -0.4 is 5.32 Å². The van der Waals surface area contributed by atoms with E-state index in [0.717, 1.165) is 44.2 Å². The first-order chi connectivity index (χ1) is 11.9. The van der Waals surface area contributed by atoms with E-state index >= 15 is 0 Å². The molecule has 1 aliphatic rings. The zero-order valence-corrected chi connectivity index (χ0v) is 14.7. The monoisotopic (exact) mass is 366 g/mol. The van der Waals surface area contributed by atoms with Gasteiger partial charge < -0.3 is 10.1 Å². The minimum absolute atomic E-state index is 0.287. The molecule has 1 N–H and O–H groups in total. The first kappa shape index (κ1) is 17.9. The SMILES string of the molecule is CC(F)(F)c1csc(-c2ccccc2C(=O)OCC2CCNCC2)n1. The number of halogens is 2. The summed E-state index contributed by atoms with van der Waals surface area (Å²) in [5.74, 6) is -3.07. The number of hydrogen-bond acceptors (Lipinski definition) is 5. The summed E-state index contributed by atoms with van der Waals surface area (Å²) in [5, 5.41) is 4.99. The topological polar surface area (TPSA) is 51.2 Å². The molecular formula is C18H20F2N2O2S. The summed E-state index contributed by atoms with van der Waals surface area (Å²) in [6, 6.07) is 6.83. The maximum atomic E-state index is 13.4. The van der Waals surface area contributed by atoms with E-state index in [0.29, 0.717) is 28.7 Å². The van der Waals surface area contributed by atoms with Gasteiger partial charge in [0.05, 0.1) is 12.2 Å². The number of nitrogens with one attached hydrogen (secondary N) is 1. The molecule has 0 unspecified atom stereocenters. The van der Waals surface area contributed by atoms with Crippen LogP contribution in [0.5, 0.6) is 0 Å². The van der Waals surface area contributed by atoms with Gasteiger partial charge in [0.25, 0.3) is 5.92 Å². The van der Waals surface area contributed by atoms with Crippen molar-refractivity contribution in [1.29, 1.82) is 0 Å². The van der Waals surface area contributed by atoms with E-state index < -0.39 is 11.9 Å².